The van der Waals surface area contributed by atoms with Crippen LogP contribution in [0.2, 0.25) is 0 Å². The van der Waals surface area contributed by atoms with E-state index in [4.69, 9.17) is 5.73 Å². The average Bonchev–Trinajstić information content (AvgIpc) is 2.46. The van der Waals surface area contributed by atoms with Gasteiger partial charge in [-0.2, -0.15) is 0 Å². The van der Waals surface area contributed by atoms with Gasteiger partial charge in [-0.3, -0.25) is 9.59 Å². The predicted molar refractivity (Wildman–Crippen MR) is 82.3 cm³/mol. The monoisotopic (exact) mass is 365 g/mol. The Labute approximate surface area is 125 Å². The number of carbonyl (C=O) groups excluding carboxylic acids is 2. The van der Waals surface area contributed by atoms with Gasteiger partial charge in [0.15, 0.2) is 5.78 Å². The zero-order chi connectivity index (χ0) is 13.8. The molecule has 2 rings (SSSR count). The van der Waals surface area contributed by atoms with E-state index in [1.165, 1.54) is 0 Å². The number of primary amides is 1. The average molecular weight is 365 g/mol. The van der Waals surface area contributed by atoms with Crippen LogP contribution in [0.15, 0.2) is 54.6 Å². The fourth-order valence-electron chi connectivity index (χ4n) is 1.72. The summed E-state index contributed by atoms with van der Waals surface area (Å²) in [5.41, 5.74) is 7.30. The van der Waals surface area contributed by atoms with Crippen LogP contribution in [0.4, 0.5) is 0 Å². The van der Waals surface area contributed by atoms with Gasteiger partial charge < -0.3 is 5.73 Å². The summed E-state index contributed by atoms with van der Waals surface area (Å²) in [6, 6.07) is 16.1. The molecule has 2 aromatic rings. The maximum Gasteiger partial charge on any atom is 0.234 e. The lowest BCUT2D eigenvalue weighted by atomic mass is 10.0. The normalized spacial score (nSPS) is 11.8. The number of ketones is 1. The highest BCUT2D eigenvalue weighted by molar-refractivity contribution is 14.1. The number of halogens is 1. The molecule has 0 bridgehead atoms. The Morgan fingerprint density at radius 3 is 1.95 bits per heavy atom. The van der Waals surface area contributed by atoms with Crippen molar-refractivity contribution in [2.45, 2.75) is 3.92 Å². The lowest BCUT2D eigenvalue weighted by Crippen LogP contribution is -2.16. The van der Waals surface area contributed by atoms with E-state index in [9.17, 15) is 9.59 Å². The minimum atomic E-state index is -0.386. The Morgan fingerprint density at radius 1 is 0.895 bits per heavy atom. The number of nitrogens with two attached hydrogens (primary N) is 1. The van der Waals surface area contributed by atoms with Gasteiger partial charge in [-0.25, -0.2) is 0 Å². The third-order valence-corrected chi connectivity index (χ3v) is 4.08. The van der Waals surface area contributed by atoms with Crippen molar-refractivity contribution in [3.8, 4) is 0 Å². The molecule has 1 amide bonds. The molecule has 0 saturated carbocycles. The van der Waals surface area contributed by atoms with Gasteiger partial charge >= 0.3 is 0 Å². The molecule has 0 aliphatic rings. The number of hydrogen-bond acceptors (Lipinski definition) is 2. The third kappa shape index (κ3) is 3.20. The van der Waals surface area contributed by atoms with Crippen LogP contribution in [0.5, 0.6) is 0 Å². The second-order valence-electron chi connectivity index (χ2n) is 4.08. The second kappa shape index (κ2) is 5.97. The molecule has 2 aromatic carbocycles. The molecule has 1 unspecified atom stereocenters. The summed E-state index contributed by atoms with van der Waals surface area (Å²) in [7, 11) is 0. The Bertz CT molecular complexity index is 593. The lowest BCUT2D eigenvalue weighted by Gasteiger charge is -2.07. The maximum atomic E-state index is 12.2. The van der Waals surface area contributed by atoms with Crippen LogP contribution in [0, 0.1) is 0 Å². The summed E-state index contributed by atoms with van der Waals surface area (Å²) in [5, 5.41) is 0. The molecule has 3 nitrogen and oxygen atoms in total. The molecular weight excluding hydrogens is 353 g/mol. The first-order valence-electron chi connectivity index (χ1n) is 5.72. The number of alkyl halides is 1. The third-order valence-electron chi connectivity index (χ3n) is 2.75. The van der Waals surface area contributed by atoms with Gasteiger partial charge in [0.2, 0.25) is 5.91 Å². The van der Waals surface area contributed by atoms with Gasteiger partial charge in [0.25, 0.3) is 0 Å². The Balaban J connectivity index is 2.24. The van der Waals surface area contributed by atoms with Crippen LogP contribution in [0.3, 0.4) is 0 Å². The van der Waals surface area contributed by atoms with E-state index < -0.39 is 0 Å². The van der Waals surface area contributed by atoms with Crippen molar-refractivity contribution in [3.05, 3.63) is 71.3 Å². The van der Waals surface area contributed by atoms with Crippen LogP contribution in [-0.4, -0.2) is 11.7 Å². The number of rotatable bonds is 4. The molecule has 0 aromatic heterocycles. The summed E-state index contributed by atoms with van der Waals surface area (Å²) in [6.45, 7) is 0. The van der Waals surface area contributed by atoms with E-state index in [1.807, 2.05) is 40.8 Å². The van der Waals surface area contributed by atoms with Crippen molar-refractivity contribution in [3.63, 3.8) is 0 Å². The van der Waals surface area contributed by atoms with Gasteiger partial charge in [0.05, 0.1) is 0 Å². The van der Waals surface area contributed by atoms with Crippen LogP contribution in [0.25, 0.3) is 0 Å². The van der Waals surface area contributed by atoms with Crippen molar-refractivity contribution in [2.24, 2.45) is 5.73 Å². The van der Waals surface area contributed by atoms with E-state index in [-0.39, 0.29) is 15.6 Å². The summed E-state index contributed by atoms with van der Waals surface area (Å²) < 4.78 is -0.376. The van der Waals surface area contributed by atoms with Gasteiger partial charge in [0, 0.05) is 11.1 Å². The minimum absolute atomic E-state index is 0.0313. The highest BCUT2D eigenvalue weighted by Crippen LogP contribution is 2.23. The highest BCUT2D eigenvalue weighted by atomic mass is 127. The maximum absolute atomic E-state index is 12.2. The molecule has 1 atom stereocenters. The fraction of sp³-hybridized carbons (Fsp3) is 0.0667. The molecule has 0 radical (unpaired) electrons. The van der Waals surface area contributed by atoms with Gasteiger partial charge in [0.1, 0.15) is 3.92 Å². The van der Waals surface area contributed by atoms with Crippen molar-refractivity contribution in [1.29, 1.82) is 0 Å². The molecule has 0 aliphatic carbocycles. The first-order valence-corrected chi connectivity index (χ1v) is 6.97. The van der Waals surface area contributed by atoms with E-state index in [1.54, 1.807) is 36.4 Å². The van der Waals surface area contributed by atoms with Crippen molar-refractivity contribution in [1.82, 2.24) is 0 Å². The summed E-state index contributed by atoms with van der Waals surface area (Å²) in [4.78, 5) is 23.3. The molecule has 0 fully saturated rings. The topological polar surface area (TPSA) is 60.2 Å². The number of carbonyl (C=O) groups is 2. The Morgan fingerprint density at radius 2 is 1.42 bits per heavy atom. The smallest absolute Gasteiger partial charge is 0.234 e. The summed E-state index contributed by atoms with van der Waals surface area (Å²) in [6.07, 6.45) is 0. The van der Waals surface area contributed by atoms with Crippen molar-refractivity contribution < 1.29 is 9.59 Å². The van der Waals surface area contributed by atoms with Crippen molar-refractivity contribution in [2.75, 3.05) is 0 Å². The number of amides is 1. The van der Waals surface area contributed by atoms with Gasteiger partial charge in [-0.15, -0.1) is 0 Å². The van der Waals surface area contributed by atoms with E-state index in [0.29, 0.717) is 11.1 Å². The summed E-state index contributed by atoms with van der Waals surface area (Å²) >= 11 is 1.98. The first kappa shape index (κ1) is 13.7. The minimum Gasteiger partial charge on any atom is -0.368 e. The summed E-state index contributed by atoms with van der Waals surface area (Å²) in [5.74, 6) is -0.418. The number of hydrogen-bond donors (Lipinski definition) is 1. The van der Waals surface area contributed by atoms with E-state index in [0.717, 1.165) is 5.56 Å². The van der Waals surface area contributed by atoms with Crippen LogP contribution >= 0.6 is 22.6 Å². The van der Waals surface area contributed by atoms with Crippen LogP contribution < -0.4 is 5.73 Å². The largest absolute Gasteiger partial charge is 0.368 e. The molecule has 96 valence electrons. The van der Waals surface area contributed by atoms with Crippen LogP contribution in [0.1, 0.15) is 25.4 Å². The van der Waals surface area contributed by atoms with Gasteiger partial charge in [-0.1, -0.05) is 77.2 Å². The number of benzene rings is 2. The van der Waals surface area contributed by atoms with Crippen LogP contribution in [-0.2, 0) is 4.79 Å². The zero-order valence-electron chi connectivity index (χ0n) is 10.0. The van der Waals surface area contributed by atoms with Gasteiger partial charge in [-0.05, 0) is 5.56 Å². The predicted octanol–water partition coefficient (Wildman–Crippen LogP) is 2.88. The Kier molecular flexibility index (Phi) is 4.31. The SMILES string of the molecule is NC(=O)C(I)c1ccc(C(=O)c2ccccc2)cc1. The molecule has 4 heteroatoms. The van der Waals surface area contributed by atoms with E-state index >= 15 is 0 Å². The second-order valence-corrected chi connectivity index (χ2v) is 5.33. The van der Waals surface area contributed by atoms with Crippen molar-refractivity contribution >= 4 is 34.3 Å². The first-order chi connectivity index (χ1) is 9.09. The molecule has 0 heterocycles. The molecule has 2 N–H and O–H groups in total. The van der Waals surface area contributed by atoms with E-state index in [2.05, 4.69) is 0 Å². The zero-order valence-corrected chi connectivity index (χ0v) is 12.2. The molecule has 0 saturated heterocycles. The molecule has 0 spiro atoms. The molecule has 0 aliphatic heterocycles. The standard InChI is InChI=1S/C15H12INO2/c16-13(15(17)19)10-6-8-12(9-7-10)14(18)11-4-2-1-3-5-11/h1-9,13H,(H2,17,19). The molecular formula is C15H12INO2. The molecule has 19 heavy (non-hydrogen) atoms. The fourth-order valence-corrected chi connectivity index (χ4v) is 2.14. The Hall–Kier alpha value is -1.69. The highest BCUT2D eigenvalue weighted by Gasteiger charge is 2.14. The quantitative estimate of drug-likeness (QED) is 0.515. The lowest BCUT2D eigenvalue weighted by molar-refractivity contribution is -0.117.